The number of methoxy groups -OCH3 is 1. The summed E-state index contributed by atoms with van der Waals surface area (Å²) in [5.41, 5.74) is 3.57. The van der Waals surface area contributed by atoms with Gasteiger partial charge in [0.2, 0.25) is 11.0 Å². The lowest BCUT2D eigenvalue weighted by Gasteiger charge is -2.05. The number of carbonyl (C=O) groups is 3. The zero-order chi connectivity index (χ0) is 24.6. The average molecular weight is 505 g/mol. The fraction of sp³-hybridized carbons (Fsp3) is 0.0800. The number of esters is 1. The molecule has 2 N–H and O–H groups in total. The van der Waals surface area contributed by atoms with Gasteiger partial charge in [0.05, 0.1) is 18.4 Å². The van der Waals surface area contributed by atoms with Crippen LogP contribution in [0, 0.1) is 0 Å². The van der Waals surface area contributed by atoms with Gasteiger partial charge in [0, 0.05) is 11.3 Å². The summed E-state index contributed by atoms with van der Waals surface area (Å²) in [7, 11) is 1.31. The molecule has 4 rings (SSSR count). The number of nitrogens with zero attached hydrogens (tertiary/aromatic N) is 2. The van der Waals surface area contributed by atoms with Crippen molar-refractivity contribution >= 4 is 51.7 Å². The van der Waals surface area contributed by atoms with Gasteiger partial charge in [-0.25, -0.2) is 4.79 Å². The van der Waals surface area contributed by atoms with Crippen LogP contribution in [0.5, 0.6) is 0 Å². The molecule has 0 aliphatic carbocycles. The monoisotopic (exact) mass is 504 g/mol. The van der Waals surface area contributed by atoms with Crippen LogP contribution >= 0.6 is 23.1 Å². The molecule has 0 aliphatic heterocycles. The van der Waals surface area contributed by atoms with Crippen molar-refractivity contribution in [2.24, 2.45) is 0 Å². The number of rotatable bonds is 8. The molecule has 0 fully saturated rings. The van der Waals surface area contributed by atoms with E-state index in [0.29, 0.717) is 26.3 Å². The Morgan fingerprint density at radius 3 is 2.17 bits per heavy atom. The van der Waals surface area contributed by atoms with Crippen LogP contribution in [0.15, 0.2) is 83.2 Å². The normalized spacial score (nSPS) is 10.4. The number of anilines is 2. The summed E-state index contributed by atoms with van der Waals surface area (Å²) < 4.78 is 5.20. The quantitative estimate of drug-likeness (QED) is 0.198. The maximum atomic E-state index is 12.6. The Morgan fingerprint density at radius 1 is 0.829 bits per heavy atom. The van der Waals surface area contributed by atoms with E-state index in [9.17, 15) is 14.4 Å². The van der Waals surface area contributed by atoms with Crippen LogP contribution in [0.4, 0.5) is 10.8 Å². The molecule has 0 saturated heterocycles. The topological polar surface area (TPSA) is 110 Å². The first-order chi connectivity index (χ1) is 17.0. The number of benzene rings is 3. The molecule has 1 aromatic heterocycles. The largest absolute Gasteiger partial charge is 0.465 e. The molecule has 0 aliphatic rings. The Morgan fingerprint density at radius 2 is 1.49 bits per heavy atom. The number of ether oxygens (including phenoxy) is 1. The predicted molar refractivity (Wildman–Crippen MR) is 137 cm³/mol. The third-order valence-corrected chi connectivity index (χ3v) is 6.77. The fourth-order valence-corrected chi connectivity index (χ4v) is 4.61. The van der Waals surface area contributed by atoms with E-state index >= 15 is 0 Å². The maximum Gasteiger partial charge on any atom is 0.337 e. The van der Waals surface area contributed by atoms with Crippen molar-refractivity contribution in [2.45, 2.75) is 4.34 Å². The minimum absolute atomic E-state index is 0.113. The summed E-state index contributed by atoms with van der Waals surface area (Å²) in [6.45, 7) is 0. The minimum Gasteiger partial charge on any atom is -0.465 e. The van der Waals surface area contributed by atoms with Crippen molar-refractivity contribution in [1.29, 1.82) is 0 Å². The summed E-state index contributed by atoms with van der Waals surface area (Å²) in [5, 5.41) is 13.8. The van der Waals surface area contributed by atoms with Gasteiger partial charge in [-0.3, -0.25) is 14.9 Å². The molecule has 176 valence electrons. The van der Waals surface area contributed by atoms with E-state index in [4.69, 9.17) is 0 Å². The van der Waals surface area contributed by atoms with Crippen molar-refractivity contribution in [3.05, 3.63) is 90.0 Å². The Bertz CT molecular complexity index is 1320. The summed E-state index contributed by atoms with van der Waals surface area (Å²) in [4.78, 5) is 36.2. The first kappa shape index (κ1) is 24.1. The summed E-state index contributed by atoms with van der Waals surface area (Å²) in [6, 6.07) is 23.6. The number of nitrogens with one attached hydrogen (secondary N) is 2. The van der Waals surface area contributed by atoms with Crippen molar-refractivity contribution < 1.29 is 19.1 Å². The fourth-order valence-electron chi connectivity index (χ4n) is 3.06. The number of aromatic nitrogens is 2. The lowest BCUT2D eigenvalue weighted by Crippen LogP contribution is -2.14. The summed E-state index contributed by atoms with van der Waals surface area (Å²) in [5.74, 6) is -0.852. The number of thioether (sulfide) groups is 1. The second-order valence-electron chi connectivity index (χ2n) is 7.18. The molecule has 0 bridgehead atoms. The Kier molecular flexibility index (Phi) is 7.86. The van der Waals surface area contributed by atoms with Crippen molar-refractivity contribution in [3.63, 3.8) is 0 Å². The molecule has 10 heteroatoms. The van der Waals surface area contributed by atoms with Crippen LogP contribution < -0.4 is 10.6 Å². The van der Waals surface area contributed by atoms with Crippen LogP contribution in [0.1, 0.15) is 20.7 Å². The molecule has 0 spiro atoms. The standard InChI is InChI=1S/C25H20N4O4S2/c1-33-23(32)19-11-13-20(14-12-19)26-21(30)15-34-25-29-28-24(35-25)27-22(31)18-9-7-17(8-10-18)16-5-3-2-4-6-16/h2-14H,15H2,1H3,(H,26,30)(H,27,28,31). The molecule has 1 heterocycles. The Hall–Kier alpha value is -4.02. The third-order valence-electron chi connectivity index (χ3n) is 4.80. The lowest BCUT2D eigenvalue weighted by atomic mass is 10.0. The first-order valence-electron chi connectivity index (χ1n) is 10.4. The molecule has 35 heavy (non-hydrogen) atoms. The van der Waals surface area contributed by atoms with Crippen molar-refractivity contribution in [3.8, 4) is 11.1 Å². The molecular weight excluding hydrogens is 484 g/mol. The van der Waals surface area contributed by atoms with Gasteiger partial charge in [0.1, 0.15) is 0 Å². The van der Waals surface area contributed by atoms with Crippen molar-refractivity contribution in [2.75, 3.05) is 23.5 Å². The van der Waals surface area contributed by atoms with Crippen LogP contribution in [-0.2, 0) is 9.53 Å². The molecule has 3 aromatic carbocycles. The van der Waals surface area contributed by atoms with Crippen LogP contribution in [0.3, 0.4) is 0 Å². The third kappa shape index (κ3) is 6.52. The van der Waals surface area contributed by atoms with E-state index in [1.807, 2.05) is 42.5 Å². The summed E-state index contributed by atoms with van der Waals surface area (Å²) in [6.07, 6.45) is 0. The van der Waals surface area contributed by atoms with E-state index < -0.39 is 5.97 Å². The smallest absolute Gasteiger partial charge is 0.337 e. The van der Waals surface area contributed by atoms with E-state index in [1.54, 1.807) is 36.4 Å². The average Bonchev–Trinajstić information content (AvgIpc) is 3.35. The predicted octanol–water partition coefficient (Wildman–Crippen LogP) is 4.97. The van der Waals surface area contributed by atoms with Crippen LogP contribution in [0.25, 0.3) is 11.1 Å². The number of hydrogen-bond donors (Lipinski definition) is 2. The maximum absolute atomic E-state index is 12.6. The van der Waals surface area contributed by atoms with Gasteiger partial charge in [-0.2, -0.15) is 0 Å². The molecule has 0 saturated carbocycles. The van der Waals surface area contributed by atoms with Gasteiger partial charge < -0.3 is 10.1 Å². The van der Waals surface area contributed by atoms with E-state index in [1.165, 1.54) is 30.2 Å². The molecule has 2 amide bonds. The van der Waals surface area contributed by atoms with Gasteiger partial charge in [-0.05, 0) is 47.5 Å². The highest BCUT2D eigenvalue weighted by atomic mass is 32.2. The highest BCUT2D eigenvalue weighted by molar-refractivity contribution is 8.01. The molecule has 0 radical (unpaired) electrons. The second-order valence-corrected chi connectivity index (χ2v) is 9.38. The molecule has 8 nitrogen and oxygen atoms in total. The minimum atomic E-state index is -0.443. The zero-order valence-corrected chi connectivity index (χ0v) is 20.2. The van der Waals surface area contributed by atoms with Crippen LogP contribution in [-0.4, -0.2) is 40.8 Å². The first-order valence-corrected chi connectivity index (χ1v) is 12.2. The van der Waals surface area contributed by atoms with E-state index in [-0.39, 0.29) is 17.6 Å². The molecule has 0 unspecified atom stereocenters. The number of hydrogen-bond acceptors (Lipinski definition) is 8. The second kappa shape index (κ2) is 11.4. The summed E-state index contributed by atoms with van der Waals surface area (Å²) >= 11 is 2.40. The van der Waals surface area contributed by atoms with Gasteiger partial charge in [-0.15, -0.1) is 10.2 Å². The number of amides is 2. The van der Waals surface area contributed by atoms with Gasteiger partial charge >= 0.3 is 5.97 Å². The van der Waals surface area contributed by atoms with Crippen LogP contribution in [0.2, 0.25) is 0 Å². The SMILES string of the molecule is COC(=O)c1ccc(NC(=O)CSc2nnc(NC(=O)c3ccc(-c4ccccc4)cc3)s2)cc1. The number of carbonyl (C=O) groups excluding carboxylic acids is 3. The molecule has 4 aromatic rings. The molecular formula is C25H20N4O4S2. The Balaban J connectivity index is 1.27. The van der Waals surface area contributed by atoms with Gasteiger partial charge in [0.15, 0.2) is 4.34 Å². The lowest BCUT2D eigenvalue weighted by molar-refractivity contribution is -0.113. The highest BCUT2D eigenvalue weighted by Gasteiger charge is 2.13. The zero-order valence-electron chi connectivity index (χ0n) is 18.6. The van der Waals surface area contributed by atoms with E-state index in [2.05, 4.69) is 25.6 Å². The van der Waals surface area contributed by atoms with Gasteiger partial charge in [0.25, 0.3) is 5.91 Å². The molecule has 0 atom stereocenters. The highest BCUT2D eigenvalue weighted by Crippen LogP contribution is 2.26. The van der Waals surface area contributed by atoms with E-state index in [0.717, 1.165) is 11.1 Å². The van der Waals surface area contributed by atoms with Gasteiger partial charge in [-0.1, -0.05) is 65.6 Å². The van der Waals surface area contributed by atoms with Crippen molar-refractivity contribution in [1.82, 2.24) is 10.2 Å². The Labute approximate surface area is 209 Å².